The molecule has 0 unspecified atom stereocenters. The van der Waals surface area contributed by atoms with Gasteiger partial charge in [0.05, 0.1) is 23.8 Å². The fourth-order valence-corrected chi connectivity index (χ4v) is 5.24. The second-order valence-corrected chi connectivity index (χ2v) is 10.1. The summed E-state index contributed by atoms with van der Waals surface area (Å²) in [4.78, 5) is 32.2. The number of rotatable bonds is 9. The lowest BCUT2D eigenvalue weighted by atomic mass is 10.2. The Labute approximate surface area is 234 Å². The zero-order chi connectivity index (χ0) is 27.2. The van der Waals surface area contributed by atoms with E-state index < -0.39 is 0 Å². The fourth-order valence-electron chi connectivity index (χ4n) is 4.99. The van der Waals surface area contributed by atoms with Gasteiger partial charge in [0.25, 0.3) is 11.8 Å². The molecule has 5 rings (SSSR count). The molecule has 0 aliphatic carbocycles. The molecule has 1 fully saturated rings. The number of hydrogen-bond donors (Lipinski definition) is 0. The van der Waals surface area contributed by atoms with Crippen LogP contribution in [-0.2, 0) is 13.1 Å². The Morgan fingerprint density at radius 2 is 1.64 bits per heavy atom. The molecule has 8 heteroatoms. The van der Waals surface area contributed by atoms with Crippen LogP contribution in [0.2, 0.25) is 5.02 Å². The topological polar surface area (TPSA) is 61.9 Å². The summed E-state index contributed by atoms with van der Waals surface area (Å²) < 4.78 is 8.07. The van der Waals surface area contributed by atoms with Crippen LogP contribution in [0, 0.1) is 0 Å². The molecule has 4 aromatic rings. The first-order valence-corrected chi connectivity index (χ1v) is 13.8. The molecule has 202 valence electrons. The highest BCUT2D eigenvalue weighted by molar-refractivity contribution is 6.33. The number of para-hydroxylation sites is 1. The standard InChI is InChI=1S/C31H33ClN4O3/c1-2-16-36(30(37)24-9-4-3-5-10-24)22-25-11-8-17-35(25)23-26-14-15-29(39-26)31(38)34-20-18-33(19-21-34)28-13-7-6-12-27(28)32/h3-15,17H,2,16,18-23H2,1H3. The molecule has 0 spiro atoms. The van der Waals surface area contributed by atoms with Crippen LogP contribution in [0.1, 0.15) is 45.7 Å². The lowest BCUT2D eigenvalue weighted by Crippen LogP contribution is -2.48. The van der Waals surface area contributed by atoms with Gasteiger partial charge < -0.3 is 23.7 Å². The third-order valence-corrected chi connectivity index (χ3v) is 7.36. The van der Waals surface area contributed by atoms with Crippen molar-refractivity contribution >= 4 is 29.1 Å². The van der Waals surface area contributed by atoms with Crippen molar-refractivity contribution in [1.29, 1.82) is 0 Å². The largest absolute Gasteiger partial charge is 0.454 e. The molecule has 0 saturated carbocycles. The van der Waals surface area contributed by atoms with Crippen molar-refractivity contribution in [3.05, 3.63) is 113 Å². The number of nitrogens with zero attached hydrogens (tertiary/aromatic N) is 4. The van der Waals surface area contributed by atoms with Gasteiger partial charge in [-0.2, -0.15) is 0 Å². The van der Waals surface area contributed by atoms with Crippen LogP contribution >= 0.6 is 11.6 Å². The minimum atomic E-state index is -0.102. The van der Waals surface area contributed by atoms with Gasteiger partial charge in [0.2, 0.25) is 0 Å². The van der Waals surface area contributed by atoms with E-state index in [1.165, 1.54) is 0 Å². The van der Waals surface area contributed by atoms with E-state index in [4.69, 9.17) is 16.0 Å². The maximum Gasteiger partial charge on any atom is 0.289 e. The van der Waals surface area contributed by atoms with E-state index in [2.05, 4.69) is 16.4 Å². The number of amides is 2. The van der Waals surface area contributed by atoms with Gasteiger partial charge in [-0.25, -0.2) is 0 Å². The molecule has 2 amide bonds. The summed E-state index contributed by atoms with van der Waals surface area (Å²) in [6.45, 7) is 6.35. The van der Waals surface area contributed by atoms with Crippen molar-refractivity contribution in [3.63, 3.8) is 0 Å². The summed E-state index contributed by atoms with van der Waals surface area (Å²) in [7, 11) is 0. The predicted molar refractivity (Wildman–Crippen MR) is 153 cm³/mol. The van der Waals surface area contributed by atoms with Crippen LogP contribution in [0.3, 0.4) is 0 Å². The molecule has 0 radical (unpaired) electrons. The van der Waals surface area contributed by atoms with Gasteiger partial charge in [0.1, 0.15) is 5.76 Å². The quantitative estimate of drug-likeness (QED) is 0.267. The van der Waals surface area contributed by atoms with Crippen molar-refractivity contribution in [3.8, 4) is 0 Å². The number of piperazine rings is 1. The Morgan fingerprint density at radius 3 is 2.38 bits per heavy atom. The average Bonchev–Trinajstić information content (AvgIpc) is 3.62. The van der Waals surface area contributed by atoms with E-state index >= 15 is 0 Å². The molecule has 39 heavy (non-hydrogen) atoms. The second-order valence-electron chi connectivity index (χ2n) is 9.72. The summed E-state index contributed by atoms with van der Waals surface area (Å²) >= 11 is 6.35. The smallest absolute Gasteiger partial charge is 0.289 e. The zero-order valence-electron chi connectivity index (χ0n) is 22.1. The van der Waals surface area contributed by atoms with Gasteiger partial charge >= 0.3 is 0 Å². The van der Waals surface area contributed by atoms with Gasteiger partial charge in [0.15, 0.2) is 5.76 Å². The van der Waals surface area contributed by atoms with E-state index in [1.807, 2.05) is 88.8 Å². The van der Waals surface area contributed by atoms with Crippen LogP contribution in [0.15, 0.2) is 89.5 Å². The number of carbonyl (C=O) groups is 2. The molecule has 0 atom stereocenters. The third kappa shape index (κ3) is 6.20. The van der Waals surface area contributed by atoms with E-state index in [0.717, 1.165) is 22.8 Å². The van der Waals surface area contributed by atoms with Crippen molar-refractivity contribution in [2.45, 2.75) is 26.4 Å². The summed E-state index contributed by atoms with van der Waals surface area (Å²) in [5.41, 5.74) is 2.69. The first kappa shape index (κ1) is 26.6. The molecular weight excluding hydrogens is 512 g/mol. The van der Waals surface area contributed by atoms with E-state index in [0.29, 0.717) is 62.9 Å². The third-order valence-electron chi connectivity index (χ3n) is 7.04. The lowest BCUT2D eigenvalue weighted by molar-refractivity contribution is 0.0710. The van der Waals surface area contributed by atoms with Crippen LogP contribution < -0.4 is 4.90 Å². The van der Waals surface area contributed by atoms with Gasteiger partial charge in [-0.15, -0.1) is 0 Å². The van der Waals surface area contributed by atoms with Crippen molar-refractivity contribution < 1.29 is 14.0 Å². The van der Waals surface area contributed by atoms with Crippen LogP contribution in [0.25, 0.3) is 0 Å². The number of furan rings is 1. The van der Waals surface area contributed by atoms with Crippen molar-refractivity contribution in [1.82, 2.24) is 14.4 Å². The Bertz CT molecular complexity index is 1410. The summed E-state index contributed by atoms with van der Waals surface area (Å²) in [5, 5.41) is 0.722. The Kier molecular flexibility index (Phi) is 8.37. The highest BCUT2D eigenvalue weighted by Gasteiger charge is 2.25. The molecule has 7 nitrogen and oxygen atoms in total. The number of halogens is 1. The van der Waals surface area contributed by atoms with Gasteiger partial charge in [-0.3, -0.25) is 9.59 Å². The average molecular weight is 545 g/mol. The molecule has 1 saturated heterocycles. The molecule has 2 aromatic heterocycles. The molecule has 1 aliphatic heterocycles. The molecule has 3 heterocycles. The Morgan fingerprint density at radius 1 is 0.897 bits per heavy atom. The van der Waals surface area contributed by atoms with Crippen LogP contribution in [0.5, 0.6) is 0 Å². The Hall–Kier alpha value is -3.97. The number of hydrogen-bond acceptors (Lipinski definition) is 4. The molecule has 0 N–H and O–H groups in total. The number of anilines is 1. The maximum absolute atomic E-state index is 13.2. The van der Waals surface area contributed by atoms with E-state index in [-0.39, 0.29) is 11.8 Å². The molecule has 1 aliphatic rings. The van der Waals surface area contributed by atoms with Gasteiger partial charge in [-0.05, 0) is 55.0 Å². The van der Waals surface area contributed by atoms with Gasteiger partial charge in [-0.1, -0.05) is 48.9 Å². The van der Waals surface area contributed by atoms with E-state index in [1.54, 1.807) is 6.07 Å². The van der Waals surface area contributed by atoms with E-state index in [9.17, 15) is 9.59 Å². The molecular formula is C31H33ClN4O3. The summed E-state index contributed by atoms with van der Waals surface area (Å²) in [6, 6.07) is 24.8. The number of aromatic nitrogens is 1. The normalized spacial score (nSPS) is 13.5. The monoisotopic (exact) mass is 544 g/mol. The number of benzene rings is 2. The van der Waals surface area contributed by atoms with Gasteiger partial charge in [0, 0.05) is 50.2 Å². The highest BCUT2D eigenvalue weighted by Crippen LogP contribution is 2.26. The second kappa shape index (κ2) is 12.3. The van der Waals surface area contributed by atoms with Crippen LogP contribution in [0.4, 0.5) is 5.69 Å². The fraction of sp³-hybridized carbons (Fsp3) is 0.290. The number of carbonyl (C=O) groups excluding carboxylic acids is 2. The van der Waals surface area contributed by atoms with Crippen LogP contribution in [-0.4, -0.2) is 58.9 Å². The SMILES string of the molecule is CCCN(Cc1cccn1Cc1ccc(C(=O)N2CCN(c3ccccc3Cl)CC2)o1)C(=O)c1ccccc1. The predicted octanol–water partition coefficient (Wildman–Crippen LogP) is 5.80. The van der Waals surface area contributed by atoms with Crippen molar-refractivity contribution in [2.75, 3.05) is 37.6 Å². The molecule has 0 bridgehead atoms. The maximum atomic E-state index is 13.2. The first-order valence-electron chi connectivity index (χ1n) is 13.4. The minimum Gasteiger partial charge on any atom is -0.454 e. The summed E-state index contributed by atoms with van der Waals surface area (Å²) in [6.07, 6.45) is 2.85. The zero-order valence-corrected chi connectivity index (χ0v) is 22.9. The minimum absolute atomic E-state index is 0.0192. The lowest BCUT2D eigenvalue weighted by Gasteiger charge is -2.36. The highest BCUT2D eigenvalue weighted by atomic mass is 35.5. The van der Waals surface area contributed by atoms with Crippen molar-refractivity contribution in [2.24, 2.45) is 0 Å². The first-order chi connectivity index (χ1) is 19.0. The Balaban J connectivity index is 1.21. The molecule has 2 aromatic carbocycles. The summed E-state index contributed by atoms with van der Waals surface area (Å²) in [5.74, 6) is 0.958.